The fourth-order valence-corrected chi connectivity index (χ4v) is 9.28. The normalized spacial score (nSPS) is 38.8. The number of amides is 1. The van der Waals surface area contributed by atoms with E-state index in [9.17, 15) is 28.4 Å². The van der Waals surface area contributed by atoms with Crippen molar-refractivity contribution in [2.24, 2.45) is 45.3 Å². The molecule has 5 nitrogen and oxygen atoms in total. The van der Waals surface area contributed by atoms with Gasteiger partial charge in [-0.3, -0.25) is 14.4 Å². The zero-order valence-electron chi connectivity index (χ0n) is 25.4. The first-order valence-corrected chi connectivity index (χ1v) is 15.0. The van der Waals surface area contributed by atoms with E-state index >= 15 is 0 Å². The minimum Gasteiger partial charge on any atom is -0.348 e. The first-order valence-electron chi connectivity index (χ1n) is 15.0. The first kappa shape index (κ1) is 30.6. The van der Waals surface area contributed by atoms with Gasteiger partial charge >= 0.3 is 5.92 Å². The summed E-state index contributed by atoms with van der Waals surface area (Å²) in [5, 5.41) is 12.5. The van der Waals surface area contributed by atoms with Gasteiger partial charge in [-0.1, -0.05) is 66.5 Å². The Hall–Kier alpha value is -2.36. The summed E-state index contributed by atoms with van der Waals surface area (Å²) in [4.78, 5) is 39.9. The Balaban J connectivity index is 1.85. The Morgan fingerprint density at radius 2 is 1.77 bits per heavy atom. The number of carbonyl (C=O) groups excluding carboxylic acids is 3. The predicted octanol–water partition coefficient (Wildman–Crippen LogP) is 6.98. The number of nitrogens with zero attached hydrogens (tertiary/aromatic N) is 1. The van der Waals surface area contributed by atoms with Crippen LogP contribution in [0.2, 0.25) is 0 Å². The van der Waals surface area contributed by atoms with Gasteiger partial charge in [0.25, 0.3) is 5.91 Å². The molecule has 0 heterocycles. The van der Waals surface area contributed by atoms with E-state index in [-0.39, 0.29) is 45.7 Å². The molecule has 4 aliphatic carbocycles. The van der Waals surface area contributed by atoms with Gasteiger partial charge in [-0.15, -0.1) is 0 Å². The predicted molar refractivity (Wildman–Crippen MR) is 150 cm³/mol. The number of carbonyl (C=O) groups is 3. The van der Waals surface area contributed by atoms with Crippen molar-refractivity contribution in [1.82, 2.24) is 5.32 Å². The molecule has 0 aromatic heterocycles. The summed E-state index contributed by atoms with van der Waals surface area (Å²) in [6.45, 7) is 15.2. The summed E-state index contributed by atoms with van der Waals surface area (Å²) in [6, 6.07) is 1.63. The number of nitriles is 1. The van der Waals surface area contributed by atoms with Crippen molar-refractivity contribution in [1.29, 1.82) is 5.26 Å². The van der Waals surface area contributed by atoms with E-state index in [0.29, 0.717) is 19.8 Å². The molecule has 0 aromatic carbocycles. The van der Waals surface area contributed by atoms with Gasteiger partial charge in [-0.05, 0) is 73.2 Å². The minimum absolute atomic E-state index is 0.0142. The highest BCUT2D eigenvalue weighted by Crippen LogP contribution is 2.67. The van der Waals surface area contributed by atoms with Gasteiger partial charge in [-0.2, -0.15) is 14.0 Å². The number of hydrogen-bond acceptors (Lipinski definition) is 4. The summed E-state index contributed by atoms with van der Waals surface area (Å²) in [5.41, 5.74) is -0.632. The van der Waals surface area contributed by atoms with Crippen molar-refractivity contribution >= 4 is 17.5 Å². The maximum atomic E-state index is 14.3. The Labute approximate surface area is 238 Å². The molecule has 0 aromatic rings. The number of nitrogens with one attached hydrogen (secondary N) is 1. The van der Waals surface area contributed by atoms with Gasteiger partial charge in [0, 0.05) is 29.7 Å². The zero-order chi connectivity index (χ0) is 30.1. The minimum atomic E-state index is -3.49. The molecular weight excluding hydrogens is 510 g/mol. The zero-order valence-corrected chi connectivity index (χ0v) is 25.4. The number of Topliss-reactive ketones (excluding diaryl/α,β-unsaturated/α-hetero) is 1. The number of alkyl halides is 2. The highest BCUT2D eigenvalue weighted by Gasteiger charge is 2.63. The topological polar surface area (TPSA) is 87.0 Å². The van der Waals surface area contributed by atoms with Gasteiger partial charge in [0.15, 0.2) is 11.6 Å². The highest BCUT2D eigenvalue weighted by molar-refractivity contribution is 6.04. The van der Waals surface area contributed by atoms with E-state index in [0.717, 1.165) is 37.7 Å². The van der Waals surface area contributed by atoms with Crippen LogP contribution >= 0.6 is 0 Å². The summed E-state index contributed by atoms with van der Waals surface area (Å²) in [7, 11) is 0. The molecule has 0 radical (unpaired) electrons. The molecule has 1 N–H and O–H groups in total. The third kappa shape index (κ3) is 4.77. The Morgan fingerprint density at radius 1 is 1.12 bits per heavy atom. The molecule has 220 valence electrons. The third-order valence-electron chi connectivity index (χ3n) is 11.2. The third-order valence-corrected chi connectivity index (χ3v) is 11.2. The van der Waals surface area contributed by atoms with E-state index in [4.69, 9.17) is 0 Å². The van der Waals surface area contributed by atoms with Crippen LogP contribution in [0.25, 0.3) is 0 Å². The molecule has 0 aliphatic heterocycles. The van der Waals surface area contributed by atoms with Crippen molar-refractivity contribution in [3.05, 3.63) is 23.3 Å². The number of halogens is 2. The van der Waals surface area contributed by atoms with E-state index in [2.05, 4.69) is 46.0 Å². The number of fused-ring (bicyclic) bond motifs is 3. The van der Waals surface area contributed by atoms with Crippen LogP contribution in [0, 0.1) is 56.7 Å². The molecule has 0 bridgehead atoms. The summed E-state index contributed by atoms with van der Waals surface area (Å²) in [5.74, 6) is -5.65. The molecular formula is C33H46F2N2O3. The second-order valence-electron chi connectivity index (χ2n) is 14.9. The summed E-state index contributed by atoms with van der Waals surface area (Å²) < 4.78 is 27.9. The molecule has 2 saturated carbocycles. The molecule has 7 unspecified atom stereocenters. The standard InChI is InChI=1S/C33H46F2N2O3/c1-9-10-21-26(20-17-29(2,3)13-11-22(20)37-28(40)33(8,34)35)23(38)15-25-31(21,6)14-12-24-30(4,5)27(39)19(18-36)16-32(24,25)7/h15-16,20-22,24,26H,9-14,17H2,1-8H3,(H,37,40). The number of ketones is 2. The van der Waals surface area contributed by atoms with Gasteiger partial charge in [0.2, 0.25) is 0 Å². The average molecular weight is 557 g/mol. The Morgan fingerprint density at radius 3 is 2.35 bits per heavy atom. The smallest absolute Gasteiger partial charge is 0.321 e. The number of rotatable bonds is 5. The van der Waals surface area contributed by atoms with Crippen LogP contribution in [0.4, 0.5) is 8.78 Å². The molecule has 4 aliphatic rings. The maximum absolute atomic E-state index is 14.3. The lowest BCUT2D eigenvalue weighted by atomic mass is 9.41. The second-order valence-corrected chi connectivity index (χ2v) is 14.9. The monoisotopic (exact) mass is 556 g/mol. The van der Waals surface area contributed by atoms with E-state index in [1.807, 2.05) is 19.9 Å². The quantitative estimate of drug-likeness (QED) is 0.396. The Bertz CT molecular complexity index is 1200. The highest BCUT2D eigenvalue weighted by atomic mass is 19.3. The molecule has 4 rings (SSSR count). The van der Waals surface area contributed by atoms with Crippen LogP contribution in [0.1, 0.15) is 100 Å². The first-order chi connectivity index (χ1) is 18.3. The SMILES string of the molecule is CCCC1C(C2CC(C)(C)CCC2NC(=O)C(C)(F)F)C(=O)C=C2C3(C)C=C(C#N)C(=O)C(C)(C)C3CCC21C. The van der Waals surface area contributed by atoms with E-state index in [1.54, 1.807) is 6.08 Å². The van der Waals surface area contributed by atoms with Gasteiger partial charge in [-0.25, -0.2) is 0 Å². The van der Waals surface area contributed by atoms with Crippen LogP contribution in [-0.2, 0) is 14.4 Å². The van der Waals surface area contributed by atoms with Crippen molar-refractivity contribution in [2.75, 3.05) is 0 Å². The average Bonchev–Trinajstić information content (AvgIpc) is 2.83. The lowest BCUT2D eigenvalue weighted by molar-refractivity contribution is -0.146. The van der Waals surface area contributed by atoms with Crippen LogP contribution in [0.15, 0.2) is 23.3 Å². The number of allylic oxidation sites excluding steroid dienone is 4. The van der Waals surface area contributed by atoms with E-state index < -0.39 is 34.6 Å². The van der Waals surface area contributed by atoms with Crippen LogP contribution in [-0.4, -0.2) is 29.4 Å². The molecule has 2 fully saturated rings. The molecule has 40 heavy (non-hydrogen) atoms. The lowest BCUT2D eigenvalue weighted by Gasteiger charge is -2.62. The second kappa shape index (κ2) is 9.88. The molecule has 0 saturated heterocycles. The van der Waals surface area contributed by atoms with Crippen molar-refractivity contribution < 1.29 is 23.2 Å². The Kier molecular flexibility index (Phi) is 7.56. The molecule has 7 heteroatoms. The fraction of sp³-hybridized carbons (Fsp3) is 0.758. The molecule has 1 amide bonds. The maximum Gasteiger partial charge on any atom is 0.321 e. The van der Waals surface area contributed by atoms with Crippen LogP contribution in [0.5, 0.6) is 0 Å². The lowest BCUT2D eigenvalue weighted by Crippen LogP contribution is -2.59. The summed E-state index contributed by atoms with van der Waals surface area (Å²) in [6.07, 6.45) is 8.87. The van der Waals surface area contributed by atoms with Crippen molar-refractivity contribution in [3.63, 3.8) is 0 Å². The largest absolute Gasteiger partial charge is 0.348 e. The summed E-state index contributed by atoms with van der Waals surface area (Å²) >= 11 is 0. The van der Waals surface area contributed by atoms with Crippen molar-refractivity contribution in [3.8, 4) is 6.07 Å². The van der Waals surface area contributed by atoms with Gasteiger partial charge < -0.3 is 5.32 Å². The van der Waals surface area contributed by atoms with Gasteiger partial charge in [0.05, 0.1) is 5.57 Å². The van der Waals surface area contributed by atoms with Gasteiger partial charge in [0.1, 0.15) is 6.07 Å². The van der Waals surface area contributed by atoms with Crippen molar-refractivity contribution in [2.45, 2.75) is 112 Å². The molecule has 7 atom stereocenters. The van der Waals surface area contributed by atoms with E-state index in [1.165, 1.54) is 0 Å². The number of hydrogen-bond donors (Lipinski definition) is 1. The fourth-order valence-electron chi connectivity index (χ4n) is 9.28. The molecule has 0 spiro atoms. The van der Waals surface area contributed by atoms with Crippen LogP contribution in [0.3, 0.4) is 0 Å². The van der Waals surface area contributed by atoms with Crippen LogP contribution < -0.4 is 5.32 Å².